The smallest absolute Gasteiger partial charge is 0.333 e. The average Bonchev–Trinajstić information content (AvgIpc) is 3.35. The third-order valence-corrected chi connectivity index (χ3v) is 4.89. The third-order valence-electron chi connectivity index (χ3n) is 4.89. The maximum absolute atomic E-state index is 13.2. The van der Waals surface area contributed by atoms with E-state index in [9.17, 15) is 18.8 Å². The van der Waals surface area contributed by atoms with Crippen LogP contribution in [-0.2, 0) is 22.6 Å². The van der Waals surface area contributed by atoms with Gasteiger partial charge in [0.25, 0.3) is 0 Å². The van der Waals surface area contributed by atoms with Gasteiger partial charge in [0.2, 0.25) is 11.9 Å². The summed E-state index contributed by atoms with van der Waals surface area (Å²) in [6.45, 7) is 1.40. The number of carbonyl (C=O) groups excluding carboxylic acids is 1. The van der Waals surface area contributed by atoms with E-state index in [1.807, 2.05) is 0 Å². The van der Waals surface area contributed by atoms with E-state index in [-0.39, 0.29) is 24.4 Å². The molecule has 0 aliphatic carbocycles. The van der Waals surface area contributed by atoms with Crippen LogP contribution in [0.2, 0.25) is 0 Å². The van der Waals surface area contributed by atoms with Crippen molar-refractivity contribution in [1.29, 1.82) is 0 Å². The average molecular weight is 389 g/mol. The highest BCUT2D eigenvalue weighted by atomic mass is 19.1. The third kappa shape index (κ3) is 3.55. The van der Waals surface area contributed by atoms with Gasteiger partial charge in [0, 0.05) is 31.9 Å². The van der Waals surface area contributed by atoms with Crippen LogP contribution >= 0.6 is 0 Å². The van der Waals surface area contributed by atoms with Gasteiger partial charge in [0.1, 0.15) is 12.4 Å². The first-order valence-electron chi connectivity index (χ1n) is 9.16. The number of aromatic nitrogens is 3. The highest BCUT2D eigenvalue weighted by Gasteiger charge is 2.26. The molecule has 10 heteroatoms. The second-order valence-corrected chi connectivity index (χ2v) is 6.79. The number of nitrogens with zero attached hydrogens (tertiary/aromatic N) is 4. The summed E-state index contributed by atoms with van der Waals surface area (Å²) in [6.07, 6.45) is 1.82. The van der Waals surface area contributed by atoms with E-state index >= 15 is 0 Å². The van der Waals surface area contributed by atoms with Crippen molar-refractivity contribution in [3.8, 4) is 0 Å². The molecule has 1 amide bonds. The SMILES string of the molecule is O=C(Cn1nc2n(c(=O)c1=O)CCN2c1ccc(F)cc1)NC[C@@H]1CCCO1. The summed E-state index contributed by atoms with van der Waals surface area (Å²) in [6, 6.07) is 5.76. The van der Waals surface area contributed by atoms with Crippen LogP contribution in [0.25, 0.3) is 0 Å². The topological polar surface area (TPSA) is 98.5 Å². The zero-order valence-corrected chi connectivity index (χ0v) is 15.1. The van der Waals surface area contributed by atoms with Crippen LogP contribution in [-0.4, -0.2) is 46.1 Å². The number of anilines is 2. The molecular formula is C18H20FN5O4. The molecule has 4 rings (SSSR count). The Morgan fingerprint density at radius 3 is 2.71 bits per heavy atom. The summed E-state index contributed by atoms with van der Waals surface area (Å²) >= 11 is 0. The molecule has 2 aliphatic rings. The van der Waals surface area contributed by atoms with Crippen LogP contribution in [0.15, 0.2) is 33.9 Å². The molecule has 9 nitrogen and oxygen atoms in total. The monoisotopic (exact) mass is 389 g/mol. The van der Waals surface area contributed by atoms with E-state index in [0.29, 0.717) is 31.9 Å². The Hall–Kier alpha value is -3.01. The zero-order chi connectivity index (χ0) is 19.7. The molecule has 3 heterocycles. The second-order valence-electron chi connectivity index (χ2n) is 6.79. The van der Waals surface area contributed by atoms with Crippen LogP contribution < -0.4 is 21.3 Å². The molecule has 1 N–H and O–H groups in total. The molecule has 0 bridgehead atoms. The van der Waals surface area contributed by atoms with Gasteiger partial charge >= 0.3 is 11.1 Å². The Bertz CT molecular complexity index is 995. The quantitative estimate of drug-likeness (QED) is 0.723. The van der Waals surface area contributed by atoms with Gasteiger partial charge in [-0.15, -0.1) is 5.10 Å². The van der Waals surface area contributed by atoms with Crippen molar-refractivity contribution in [2.75, 3.05) is 24.6 Å². The second kappa shape index (κ2) is 7.55. The van der Waals surface area contributed by atoms with Crippen molar-refractivity contribution in [3.63, 3.8) is 0 Å². The molecule has 0 unspecified atom stereocenters. The molecule has 1 atom stereocenters. The maximum atomic E-state index is 13.2. The van der Waals surface area contributed by atoms with Crippen molar-refractivity contribution in [2.45, 2.75) is 32.0 Å². The molecule has 2 aromatic rings. The first-order chi connectivity index (χ1) is 13.5. The van der Waals surface area contributed by atoms with E-state index in [1.165, 1.54) is 16.7 Å². The molecule has 148 valence electrons. The number of nitrogens with one attached hydrogen (secondary N) is 1. The van der Waals surface area contributed by atoms with E-state index < -0.39 is 17.0 Å². The van der Waals surface area contributed by atoms with Crippen LogP contribution in [0.4, 0.5) is 16.0 Å². The van der Waals surface area contributed by atoms with E-state index in [4.69, 9.17) is 4.74 Å². The van der Waals surface area contributed by atoms with Gasteiger partial charge in [0.15, 0.2) is 0 Å². The molecular weight excluding hydrogens is 369 g/mol. The first-order valence-corrected chi connectivity index (χ1v) is 9.16. The normalized spacial score (nSPS) is 18.3. The largest absolute Gasteiger partial charge is 0.376 e. The van der Waals surface area contributed by atoms with E-state index in [0.717, 1.165) is 17.5 Å². The van der Waals surface area contributed by atoms with Gasteiger partial charge < -0.3 is 15.0 Å². The molecule has 1 saturated heterocycles. The summed E-state index contributed by atoms with van der Waals surface area (Å²) in [4.78, 5) is 38.6. The maximum Gasteiger partial charge on any atom is 0.333 e. The minimum Gasteiger partial charge on any atom is -0.376 e. The fourth-order valence-electron chi connectivity index (χ4n) is 3.42. The predicted octanol–water partition coefficient (Wildman–Crippen LogP) is -0.00900. The van der Waals surface area contributed by atoms with Crippen LogP contribution in [0.3, 0.4) is 0 Å². The number of carbonyl (C=O) groups is 1. The van der Waals surface area contributed by atoms with E-state index in [2.05, 4.69) is 10.4 Å². The summed E-state index contributed by atoms with van der Waals surface area (Å²) in [5.41, 5.74) is -0.939. The number of ether oxygens (including phenoxy) is 1. The lowest BCUT2D eigenvalue weighted by Gasteiger charge is -2.18. The number of halogens is 1. The molecule has 28 heavy (non-hydrogen) atoms. The van der Waals surface area contributed by atoms with Crippen molar-refractivity contribution in [3.05, 3.63) is 50.8 Å². The summed E-state index contributed by atoms with van der Waals surface area (Å²) in [5.74, 6) is -0.537. The number of amides is 1. The lowest BCUT2D eigenvalue weighted by Crippen LogP contribution is -2.45. The van der Waals surface area contributed by atoms with Crippen molar-refractivity contribution < 1.29 is 13.9 Å². The number of hydrogen-bond donors (Lipinski definition) is 1. The number of fused-ring (bicyclic) bond motifs is 1. The van der Waals surface area contributed by atoms with Crippen molar-refractivity contribution in [1.82, 2.24) is 19.7 Å². The van der Waals surface area contributed by atoms with Gasteiger partial charge in [-0.05, 0) is 37.1 Å². The van der Waals surface area contributed by atoms with Crippen LogP contribution in [0.1, 0.15) is 12.8 Å². The predicted molar refractivity (Wildman–Crippen MR) is 98.1 cm³/mol. The highest BCUT2D eigenvalue weighted by molar-refractivity contribution is 5.75. The fraction of sp³-hybridized carbons (Fsp3) is 0.444. The number of rotatable bonds is 5. The molecule has 0 radical (unpaired) electrons. The molecule has 1 fully saturated rings. The number of hydrogen-bond acceptors (Lipinski definition) is 6. The highest BCUT2D eigenvalue weighted by Crippen LogP contribution is 2.26. The Kier molecular flexibility index (Phi) is 4.95. The standard InChI is InChI=1S/C18H20FN5O4/c19-12-3-5-13(6-4-12)22-7-8-23-16(26)17(27)24(21-18(22)23)11-15(25)20-10-14-2-1-9-28-14/h3-6,14H,1-2,7-11H2,(H,20,25)/t14-/m0/s1. The van der Waals surface area contributed by atoms with Crippen LogP contribution in [0.5, 0.6) is 0 Å². The lowest BCUT2D eigenvalue weighted by molar-refractivity contribution is -0.122. The van der Waals surface area contributed by atoms with Gasteiger partial charge in [-0.1, -0.05) is 0 Å². The lowest BCUT2D eigenvalue weighted by atomic mass is 10.2. The van der Waals surface area contributed by atoms with Gasteiger partial charge in [0.05, 0.1) is 6.10 Å². The molecule has 1 aromatic carbocycles. The summed E-state index contributed by atoms with van der Waals surface area (Å²) in [5, 5.41) is 6.93. The molecule has 2 aliphatic heterocycles. The Balaban J connectivity index is 1.56. The minimum atomic E-state index is -0.850. The van der Waals surface area contributed by atoms with Crippen LogP contribution in [0, 0.1) is 5.82 Å². The summed E-state index contributed by atoms with van der Waals surface area (Å²) < 4.78 is 20.8. The van der Waals surface area contributed by atoms with Gasteiger partial charge in [-0.3, -0.25) is 19.0 Å². The van der Waals surface area contributed by atoms with E-state index in [1.54, 1.807) is 17.0 Å². The molecule has 1 aromatic heterocycles. The Labute approximate surface area is 159 Å². The number of benzene rings is 1. The van der Waals surface area contributed by atoms with Crippen molar-refractivity contribution >= 4 is 17.5 Å². The summed E-state index contributed by atoms with van der Waals surface area (Å²) in [7, 11) is 0. The van der Waals surface area contributed by atoms with Gasteiger partial charge in [-0.2, -0.15) is 0 Å². The molecule has 0 spiro atoms. The Morgan fingerprint density at radius 2 is 2.00 bits per heavy atom. The fourth-order valence-corrected chi connectivity index (χ4v) is 3.42. The Morgan fingerprint density at radius 1 is 1.21 bits per heavy atom. The first kappa shape index (κ1) is 18.4. The minimum absolute atomic E-state index is 0.0201. The van der Waals surface area contributed by atoms with Gasteiger partial charge in [-0.25, -0.2) is 9.07 Å². The zero-order valence-electron chi connectivity index (χ0n) is 15.1. The van der Waals surface area contributed by atoms with Crippen molar-refractivity contribution in [2.24, 2.45) is 0 Å². The molecule has 0 saturated carbocycles.